The molecule has 3 N–H and O–H groups in total. The van der Waals surface area contributed by atoms with Gasteiger partial charge in [-0.1, -0.05) is 238 Å². The highest BCUT2D eigenvalue weighted by atomic mass is 31.2. The average molecular weight is 1040 g/mol. The van der Waals surface area contributed by atoms with Crippen molar-refractivity contribution in [2.24, 2.45) is 5.73 Å². The van der Waals surface area contributed by atoms with Crippen molar-refractivity contribution in [2.75, 3.05) is 26.4 Å². The molecule has 73 heavy (non-hydrogen) atoms. The summed E-state index contributed by atoms with van der Waals surface area (Å²) in [6.07, 6.45) is 79.9. The fourth-order valence-electron chi connectivity index (χ4n) is 7.63. The predicted molar refractivity (Wildman–Crippen MR) is 311 cm³/mol. The van der Waals surface area contributed by atoms with Crippen LogP contribution in [-0.4, -0.2) is 49.3 Å². The molecule has 0 amide bonds. The highest BCUT2D eigenvalue weighted by Gasteiger charge is 2.26. The Morgan fingerprint density at radius 2 is 0.712 bits per heavy atom. The van der Waals surface area contributed by atoms with Crippen LogP contribution in [0.5, 0.6) is 0 Å². The van der Waals surface area contributed by atoms with E-state index in [-0.39, 0.29) is 32.6 Å². The number of rotatable bonds is 53. The molecule has 0 aliphatic heterocycles. The molecule has 0 radical (unpaired) electrons. The summed E-state index contributed by atoms with van der Waals surface area (Å²) < 4.78 is 32.9. The van der Waals surface area contributed by atoms with Crippen molar-refractivity contribution in [3.05, 3.63) is 122 Å². The largest absolute Gasteiger partial charge is 0.472 e. The van der Waals surface area contributed by atoms with E-state index < -0.39 is 32.5 Å². The van der Waals surface area contributed by atoms with Crippen molar-refractivity contribution in [3.8, 4) is 0 Å². The van der Waals surface area contributed by atoms with Gasteiger partial charge in [-0.2, -0.15) is 0 Å². The first-order chi connectivity index (χ1) is 35.8. The van der Waals surface area contributed by atoms with Crippen LogP contribution in [-0.2, 0) is 32.7 Å². The number of unbranched alkanes of at least 4 members (excludes halogenated alkanes) is 20. The predicted octanol–water partition coefficient (Wildman–Crippen LogP) is 18.4. The van der Waals surface area contributed by atoms with E-state index in [1.807, 2.05) is 0 Å². The second-order valence-corrected chi connectivity index (χ2v) is 20.2. The Morgan fingerprint density at radius 3 is 1.08 bits per heavy atom. The Labute approximate surface area is 447 Å². The van der Waals surface area contributed by atoms with Crippen molar-refractivity contribution in [1.29, 1.82) is 0 Å². The minimum atomic E-state index is -4.40. The molecular formula is C63H106NO8P. The molecule has 0 aliphatic carbocycles. The number of carbonyl (C=O) groups excluding carboxylic acids is 2. The highest BCUT2D eigenvalue weighted by Crippen LogP contribution is 2.43. The molecule has 2 atom stereocenters. The van der Waals surface area contributed by atoms with E-state index in [4.69, 9.17) is 24.3 Å². The number of phosphoric ester groups is 1. The van der Waals surface area contributed by atoms with Gasteiger partial charge < -0.3 is 20.1 Å². The van der Waals surface area contributed by atoms with Gasteiger partial charge in [-0.3, -0.25) is 18.6 Å². The van der Waals surface area contributed by atoms with Crippen LogP contribution in [0.4, 0.5) is 0 Å². The third kappa shape index (κ3) is 57.5. The molecule has 0 aromatic rings. The Bertz CT molecular complexity index is 1600. The molecule has 0 aromatic carbocycles. The van der Waals surface area contributed by atoms with Crippen molar-refractivity contribution >= 4 is 19.8 Å². The Kier molecular flexibility index (Phi) is 54.8. The molecule has 10 heteroatoms. The Hall–Kier alpha value is -3.59. The molecule has 2 unspecified atom stereocenters. The van der Waals surface area contributed by atoms with Gasteiger partial charge >= 0.3 is 19.8 Å². The second kappa shape index (κ2) is 57.7. The van der Waals surface area contributed by atoms with Crippen molar-refractivity contribution in [3.63, 3.8) is 0 Å². The van der Waals surface area contributed by atoms with Crippen LogP contribution in [0.3, 0.4) is 0 Å². The lowest BCUT2D eigenvalue weighted by Gasteiger charge is -2.19. The van der Waals surface area contributed by atoms with E-state index in [2.05, 4.69) is 135 Å². The fourth-order valence-corrected chi connectivity index (χ4v) is 8.40. The molecule has 9 nitrogen and oxygen atoms in total. The van der Waals surface area contributed by atoms with E-state index in [1.165, 1.54) is 96.3 Å². The summed E-state index contributed by atoms with van der Waals surface area (Å²) in [6, 6.07) is 0. The smallest absolute Gasteiger partial charge is 0.462 e. The first-order valence-electron chi connectivity index (χ1n) is 29.0. The van der Waals surface area contributed by atoms with Gasteiger partial charge in [0.2, 0.25) is 0 Å². The van der Waals surface area contributed by atoms with Crippen molar-refractivity contribution < 1.29 is 37.6 Å². The van der Waals surface area contributed by atoms with E-state index in [0.29, 0.717) is 12.8 Å². The Balaban J connectivity index is 3.90. The Morgan fingerprint density at radius 1 is 0.411 bits per heavy atom. The van der Waals surface area contributed by atoms with Gasteiger partial charge in [-0.15, -0.1) is 0 Å². The minimum absolute atomic E-state index is 0.0432. The molecule has 0 fully saturated rings. The third-order valence-corrected chi connectivity index (χ3v) is 12.8. The molecular weight excluding hydrogens is 930 g/mol. The first kappa shape index (κ1) is 69.4. The van der Waals surface area contributed by atoms with Crippen LogP contribution in [0.25, 0.3) is 0 Å². The summed E-state index contributed by atoms with van der Waals surface area (Å²) in [7, 11) is -4.40. The number of nitrogens with two attached hydrogens (primary N) is 1. The van der Waals surface area contributed by atoms with Crippen molar-refractivity contribution in [2.45, 2.75) is 238 Å². The molecule has 0 rings (SSSR count). The second-order valence-electron chi connectivity index (χ2n) is 18.7. The lowest BCUT2D eigenvalue weighted by molar-refractivity contribution is -0.161. The van der Waals surface area contributed by atoms with Gasteiger partial charge in [-0.25, -0.2) is 4.57 Å². The summed E-state index contributed by atoms with van der Waals surface area (Å²) in [5.74, 6) is -0.879. The van der Waals surface area contributed by atoms with Crippen LogP contribution >= 0.6 is 7.82 Å². The van der Waals surface area contributed by atoms with Crippen LogP contribution < -0.4 is 5.73 Å². The number of carbonyl (C=O) groups is 2. The zero-order valence-corrected chi connectivity index (χ0v) is 47.2. The third-order valence-electron chi connectivity index (χ3n) is 11.8. The zero-order valence-electron chi connectivity index (χ0n) is 46.3. The van der Waals surface area contributed by atoms with Gasteiger partial charge in [0.05, 0.1) is 13.2 Å². The molecule has 0 saturated carbocycles. The van der Waals surface area contributed by atoms with Crippen LogP contribution in [0, 0.1) is 0 Å². The van der Waals surface area contributed by atoms with Gasteiger partial charge in [0.1, 0.15) is 6.61 Å². The molecule has 0 saturated heterocycles. The minimum Gasteiger partial charge on any atom is -0.462 e. The summed E-state index contributed by atoms with van der Waals surface area (Å²) >= 11 is 0. The normalized spacial score (nSPS) is 14.0. The van der Waals surface area contributed by atoms with Crippen LogP contribution in [0.1, 0.15) is 232 Å². The maximum absolute atomic E-state index is 12.7. The van der Waals surface area contributed by atoms with E-state index in [9.17, 15) is 19.0 Å². The van der Waals surface area contributed by atoms with E-state index in [1.54, 1.807) is 0 Å². The van der Waals surface area contributed by atoms with Crippen LogP contribution in [0.15, 0.2) is 122 Å². The number of esters is 2. The molecule has 0 heterocycles. The first-order valence-corrected chi connectivity index (χ1v) is 30.5. The standard InChI is InChI=1S/C63H106NO8P/c1-3-5-7-9-11-13-15-17-19-20-21-22-23-24-25-26-27-28-29-30-31-32-33-34-35-36-37-38-39-40-42-44-46-48-50-52-54-56-63(66)72-61(60-71-73(67,68)70-58-57-64)59-69-62(65)55-53-51-49-47-45-43-41-18-16-14-12-10-8-6-4-2/h5-8,11-14,17-19,21-22,24-25,27-28,41,45,47,61H,3-4,9-10,15-16,20,23,26,29-40,42-44,46,48-60,64H2,1-2H3,(H,67,68)/b7-5-,8-6-,13-11-,14-12-,19-17-,22-21-,25-24-,28-27-,41-18-,47-45-. The number of allylic oxidation sites excluding steroid dienone is 20. The molecule has 0 aromatic heterocycles. The fraction of sp³-hybridized carbons (Fsp3) is 0.651. The lowest BCUT2D eigenvalue weighted by atomic mass is 10.0. The summed E-state index contributed by atoms with van der Waals surface area (Å²) in [4.78, 5) is 35.1. The summed E-state index contributed by atoms with van der Waals surface area (Å²) in [5, 5.41) is 0. The number of ether oxygens (including phenoxy) is 2. The monoisotopic (exact) mass is 1040 g/mol. The van der Waals surface area contributed by atoms with Gasteiger partial charge in [0, 0.05) is 19.4 Å². The highest BCUT2D eigenvalue weighted by molar-refractivity contribution is 7.47. The lowest BCUT2D eigenvalue weighted by Crippen LogP contribution is -2.29. The maximum atomic E-state index is 12.7. The molecule has 0 spiro atoms. The topological polar surface area (TPSA) is 134 Å². The number of phosphoric acid groups is 1. The van der Waals surface area contributed by atoms with Gasteiger partial charge in [0.25, 0.3) is 0 Å². The number of hydrogen-bond acceptors (Lipinski definition) is 8. The maximum Gasteiger partial charge on any atom is 0.472 e. The molecule has 0 aliphatic rings. The summed E-state index contributed by atoms with van der Waals surface area (Å²) in [5.41, 5.74) is 5.37. The molecule has 416 valence electrons. The average Bonchev–Trinajstić information content (AvgIpc) is 3.38. The zero-order chi connectivity index (χ0) is 53.1. The van der Waals surface area contributed by atoms with E-state index in [0.717, 1.165) is 96.3 Å². The van der Waals surface area contributed by atoms with E-state index >= 15 is 0 Å². The van der Waals surface area contributed by atoms with Crippen LogP contribution in [0.2, 0.25) is 0 Å². The quantitative estimate of drug-likeness (QED) is 0.0264. The SMILES string of the molecule is CC/C=C\C/C=C\C/C=C\C/C=C\C/C=C\C/C=C\CCCCCCCCCCCCCCCCCCCCC(=O)OC(COC(=O)CCCC/C=C\C/C=C\C/C=C\C/C=C\CC)COP(=O)(O)OCCN. The molecule has 0 bridgehead atoms. The number of hydrogen-bond donors (Lipinski definition) is 2. The summed E-state index contributed by atoms with van der Waals surface area (Å²) in [6.45, 7) is 3.46. The van der Waals surface area contributed by atoms with Gasteiger partial charge in [0.15, 0.2) is 6.10 Å². The van der Waals surface area contributed by atoms with Crippen molar-refractivity contribution in [1.82, 2.24) is 0 Å². The van der Waals surface area contributed by atoms with Gasteiger partial charge in [-0.05, 0) is 103 Å².